The van der Waals surface area contributed by atoms with Crippen LogP contribution in [-0.2, 0) is 13.6 Å². The van der Waals surface area contributed by atoms with E-state index in [2.05, 4.69) is 19.4 Å². The maximum absolute atomic E-state index is 12.9. The molecule has 1 aromatic carbocycles. The SMILES string of the molecule is Cn1cccc1CN(C(=O)c1ccc2nsnc2c1)C1CC1. The van der Waals surface area contributed by atoms with E-state index in [0.29, 0.717) is 18.2 Å². The second-order valence-corrected chi connectivity index (χ2v) is 6.27. The van der Waals surface area contributed by atoms with Crippen molar-refractivity contribution < 1.29 is 4.79 Å². The highest BCUT2D eigenvalue weighted by atomic mass is 32.1. The minimum Gasteiger partial charge on any atom is -0.353 e. The van der Waals surface area contributed by atoms with Gasteiger partial charge in [0, 0.05) is 30.5 Å². The third-order valence-electron chi connectivity index (χ3n) is 4.13. The highest BCUT2D eigenvalue weighted by molar-refractivity contribution is 7.00. The zero-order chi connectivity index (χ0) is 15.1. The van der Waals surface area contributed by atoms with Crippen molar-refractivity contribution in [2.24, 2.45) is 7.05 Å². The van der Waals surface area contributed by atoms with Crippen molar-refractivity contribution in [2.75, 3.05) is 0 Å². The summed E-state index contributed by atoms with van der Waals surface area (Å²) in [6.45, 7) is 0.653. The first kappa shape index (κ1) is 13.5. The summed E-state index contributed by atoms with van der Waals surface area (Å²) < 4.78 is 10.5. The molecule has 2 aromatic heterocycles. The Hall–Kier alpha value is -2.21. The van der Waals surface area contributed by atoms with Crippen LogP contribution in [0.25, 0.3) is 11.0 Å². The summed E-state index contributed by atoms with van der Waals surface area (Å²) in [7, 11) is 2.01. The number of nitrogens with zero attached hydrogens (tertiary/aromatic N) is 4. The van der Waals surface area contributed by atoms with Gasteiger partial charge >= 0.3 is 0 Å². The van der Waals surface area contributed by atoms with Gasteiger partial charge in [0.2, 0.25) is 0 Å². The summed E-state index contributed by atoms with van der Waals surface area (Å²) in [5, 5.41) is 0. The van der Waals surface area contributed by atoms with E-state index in [1.165, 1.54) is 11.7 Å². The van der Waals surface area contributed by atoms with Crippen LogP contribution in [0.4, 0.5) is 0 Å². The van der Waals surface area contributed by atoms with Crippen molar-refractivity contribution in [2.45, 2.75) is 25.4 Å². The Bertz CT molecular complexity index is 833. The molecule has 0 bridgehead atoms. The Balaban J connectivity index is 1.64. The number of benzene rings is 1. The standard InChI is InChI=1S/C16H16N4OS/c1-19-8-2-3-13(19)10-20(12-5-6-12)16(21)11-4-7-14-15(9-11)18-22-17-14/h2-4,7-9,12H,5-6,10H2,1H3. The van der Waals surface area contributed by atoms with Crippen LogP contribution in [0.5, 0.6) is 0 Å². The minimum absolute atomic E-state index is 0.0820. The van der Waals surface area contributed by atoms with E-state index in [1.807, 2.05) is 42.4 Å². The van der Waals surface area contributed by atoms with Gasteiger partial charge in [-0.05, 0) is 43.2 Å². The van der Waals surface area contributed by atoms with Crippen LogP contribution in [0.3, 0.4) is 0 Å². The van der Waals surface area contributed by atoms with Gasteiger partial charge in [-0.1, -0.05) is 0 Å². The molecule has 3 aromatic rings. The van der Waals surface area contributed by atoms with Crippen LogP contribution < -0.4 is 0 Å². The molecule has 0 spiro atoms. The lowest BCUT2D eigenvalue weighted by atomic mass is 10.1. The topological polar surface area (TPSA) is 51.0 Å². The molecule has 1 amide bonds. The summed E-state index contributed by atoms with van der Waals surface area (Å²) in [5.41, 5.74) is 3.49. The molecule has 0 unspecified atom stereocenters. The van der Waals surface area contributed by atoms with Crippen molar-refractivity contribution in [1.29, 1.82) is 0 Å². The van der Waals surface area contributed by atoms with Crippen molar-refractivity contribution in [3.05, 3.63) is 47.8 Å². The molecule has 2 heterocycles. The van der Waals surface area contributed by atoms with Gasteiger partial charge in [0.1, 0.15) is 11.0 Å². The summed E-state index contributed by atoms with van der Waals surface area (Å²) in [5.74, 6) is 0.0820. The molecule has 0 aliphatic heterocycles. The average molecular weight is 312 g/mol. The van der Waals surface area contributed by atoms with Crippen LogP contribution in [-0.4, -0.2) is 30.2 Å². The lowest BCUT2D eigenvalue weighted by Crippen LogP contribution is -2.33. The van der Waals surface area contributed by atoms with Crippen molar-refractivity contribution >= 4 is 28.7 Å². The number of hydrogen-bond donors (Lipinski definition) is 0. The fourth-order valence-corrected chi connectivity index (χ4v) is 3.19. The first-order valence-corrected chi connectivity index (χ1v) is 8.09. The Morgan fingerprint density at radius 2 is 2.14 bits per heavy atom. The number of carbonyl (C=O) groups is 1. The molecule has 4 rings (SSSR count). The lowest BCUT2D eigenvalue weighted by molar-refractivity contribution is 0.0726. The van der Waals surface area contributed by atoms with E-state index in [1.54, 1.807) is 0 Å². The van der Waals surface area contributed by atoms with Gasteiger partial charge in [-0.25, -0.2) is 0 Å². The van der Waals surface area contributed by atoms with E-state index < -0.39 is 0 Å². The quantitative estimate of drug-likeness (QED) is 0.744. The number of rotatable bonds is 4. The van der Waals surface area contributed by atoms with E-state index >= 15 is 0 Å². The molecule has 0 N–H and O–H groups in total. The number of aryl methyl sites for hydroxylation is 1. The highest BCUT2D eigenvalue weighted by Crippen LogP contribution is 2.30. The molecular weight excluding hydrogens is 296 g/mol. The number of amides is 1. The fraction of sp³-hybridized carbons (Fsp3) is 0.312. The monoisotopic (exact) mass is 312 g/mol. The lowest BCUT2D eigenvalue weighted by Gasteiger charge is -2.23. The van der Waals surface area contributed by atoms with Crippen LogP contribution in [0.2, 0.25) is 0 Å². The summed E-state index contributed by atoms with van der Waals surface area (Å²) in [4.78, 5) is 14.9. The number of hydrogen-bond acceptors (Lipinski definition) is 4. The zero-order valence-electron chi connectivity index (χ0n) is 12.3. The van der Waals surface area contributed by atoms with Crippen LogP contribution in [0.15, 0.2) is 36.5 Å². The van der Waals surface area contributed by atoms with E-state index in [4.69, 9.17) is 0 Å². The van der Waals surface area contributed by atoms with E-state index in [-0.39, 0.29) is 5.91 Å². The van der Waals surface area contributed by atoms with Crippen molar-refractivity contribution in [3.63, 3.8) is 0 Å². The molecule has 6 heteroatoms. The largest absolute Gasteiger partial charge is 0.353 e. The summed E-state index contributed by atoms with van der Waals surface area (Å²) in [6.07, 6.45) is 4.20. The zero-order valence-corrected chi connectivity index (χ0v) is 13.1. The van der Waals surface area contributed by atoms with Gasteiger partial charge in [0.15, 0.2) is 0 Å². The maximum Gasteiger partial charge on any atom is 0.254 e. The van der Waals surface area contributed by atoms with Gasteiger partial charge in [-0.15, -0.1) is 0 Å². The van der Waals surface area contributed by atoms with Gasteiger partial charge in [0.25, 0.3) is 5.91 Å². The summed E-state index contributed by atoms with van der Waals surface area (Å²) >= 11 is 1.18. The molecule has 1 fully saturated rings. The number of carbonyl (C=O) groups excluding carboxylic acids is 1. The third kappa shape index (κ3) is 2.39. The predicted octanol–water partition coefficient (Wildman–Crippen LogP) is 2.83. The Morgan fingerprint density at radius 1 is 1.32 bits per heavy atom. The first-order valence-electron chi connectivity index (χ1n) is 7.36. The second-order valence-electron chi connectivity index (χ2n) is 5.74. The Labute approximate surface area is 132 Å². The molecule has 112 valence electrons. The van der Waals surface area contributed by atoms with Crippen LogP contribution in [0, 0.1) is 0 Å². The highest BCUT2D eigenvalue weighted by Gasteiger charge is 2.33. The van der Waals surface area contributed by atoms with Crippen molar-refractivity contribution in [3.8, 4) is 0 Å². The average Bonchev–Trinajstić information content (AvgIpc) is 3.12. The normalized spacial score (nSPS) is 14.4. The number of aromatic nitrogens is 3. The Morgan fingerprint density at radius 3 is 2.86 bits per heavy atom. The van der Waals surface area contributed by atoms with Gasteiger partial charge in [-0.3, -0.25) is 4.79 Å². The molecule has 1 saturated carbocycles. The molecule has 0 saturated heterocycles. The molecular formula is C16H16N4OS. The minimum atomic E-state index is 0.0820. The molecule has 1 aliphatic carbocycles. The molecule has 0 atom stereocenters. The predicted molar refractivity (Wildman–Crippen MR) is 85.7 cm³/mol. The van der Waals surface area contributed by atoms with Crippen LogP contribution in [0.1, 0.15) is 28.9 Å². The maximum atomic E-state index is 12.9. The van der Waals surface area contributed by atoms with Gasteiger partial charge < -0.3 is 9.47 Å². The first-order chi connectivity index (χ1) is 10.7. The summed E-state index contributed by atoms with van der Waals surface area (Å²) in [6, 6.07) is 10.0. The van der Waals surface area contributed by atoms with Gasteiger partial charge in [0.05, 0.1) is 18.3 Å². The Kier molecular flexibility index (Phi) is 3.18. The molecule has 22 heavy (non-hydrogen) atoms. The molecule has 0 radical (unpaired) electrons. The van der Waals surface area contributed by atoms with Crippen LogP contribution >= 0.6 is 11.7 Å². The van der Waals surface area contributed by atoms with E-state index in [9.17, 15) is 4.79 Å². The number of fused-ring (bicyclic) bond motifs is 1. The van der Waals surface area contributed by atoms with Gasteiger partial charge in [-0.2, -0.15) is 8.75 Å². The third-order valence-corrected chi connectivity index (χ3v) is 4.69. The molecule has 1 aliphatic rings. The van der Waals surface area contributed by atoms with Crippen molar-refractivity contribution in [1.82, 2.24) is 18.2 Å². The smallest absolute Gasteiger partial charge is 0.254 e. The fourth-order valence-electron chi connectivity index (χ4n) is 2.67. The van der Waals surface area contributed by atoms with E-state index in [0.717, 1.165) is 29.6 Å². The molecule has 5 nitrogen and oxygen atoms in total. The second kappa shape index (κ2) is 5.21.